The van der Waals surface area contributed by atoms with Gasteiger partial charge in [-0.25, -0.2) is 18.4 Å². The van der Waals surface area contributed by atoms with Gasteiger partial charge in [0.2, 0.25) is 10.0 Å². The zero-order valence-electron chi connectivity index (χ0n) is 14.3. The normalized spacial score (nSPS) is 12.6. The second kappa shape index (κ2) is 8.13. The molecule has 0 aliphatic heterocycles. The van der Waals surface area contributed by atoms with Gasteiger partial charge in [-0.3, -0.25) is 0 Å². The third kappa shape index (κ3) is 5.58. The van der Waals surface area contributed by atoms with Crippen molar-refractivity contribution in [1.29, 1.82) is 0 Å². The van der Waals surface area contributed by atoms with E-state index in [1.54, 1.807) is 0 Å². The van der Waals surface area contributed by atoms with E-state index in [-0.39, 0.29) is 16.8 Å². The van der Waals surface area contributed by atoms with Crippen molar-refractivity contribution >= 4 is 21.7 Å². The molecule has 0 aliphatic carbocycles. The fourth-order valence-electron chi connectivity index (χ4n) is 2.54. The summed E-state index contributed by atoms with van der Waals surface area (Å²) in [5, 5.41) is 10.6. The maximum absolute atomic E-state index is 12.1. The molecule has 25 heavy (non-hydrogen) atoms. The molecule has 0 heterocycles. The van der Waals surface area contributed by atoms with Gasteiger partial charge >= 0.3 is 6.03 Å². The first-order valence-electron chi connectivity index (χ1n) is 8.00. The Morgan fingerprint density at radius 2 is 1.64 bits per heavy atom. The quantitative estimate of drug-likeness (QED) is 0.737. The topological polar surface area (TPSA) is 101 Å². The van der Waals surface area contributed by atoms with Crippen molar-refractivity contribution in [3.63, 3.8) is 0 Å². The number of carbonyl (C=O) groups is 1. The first-order chi connectivity index (χ1) is 11.8. The molecule has 2 aromatic rings. The summed E-state index contributed by atoms with van der Waals surface area (Å²) in [6.45, 7) is 4.73. The molecule has 0 spiro atoms. The Hall–Kier alpha value is -2.38. The lowest BCUT2D eigenvalue weighted by Crippen LogP contribution is -2.33. The van der Waals surface area contributed by atoms with Gasteiger partial charge in [-0.1, -0.05) is 44.2 Å². The summed E-state index contributed by atoms with van der Waals surface area (Å²) in [6, 6.07) is 15.4. The molecule has 4 N–H and O–H groups in total. The van der Waals surface area contributed by atoms with Crippen LogP contribution in [0.15, 0.2) is 59.5 Å². The first-order valence-corrected chi connectivity index (χ1v) is 9.54. The standard InChI is InChI=1S/C18H23N3O3S/c1-13(2)17(14-6-4-3-5-7-14)12-20-18(22)21-15-8-10-16(11-9-15)25(19,23)24/h3-11,13,17H,12H2,1-2H3,(H2,19,23,24)(H2,20,21,22)/t17-/m0/s1. The molecule has 1 atom stereocenters. The van der Waals surface area contributed by atoms with Crippen LogP contribution in [0, 0.1) is 5.92 Å². The molecular weight excluding hydrogens is 338 g/mol. The van der Waals surface area contributed by atoms with Gasteiger partial charge in [0.15, 0.2) is 0 Å². The number of nitrogens with one attached hydrogen (secondary N) is 2. The van der Waals surface area contributed by atoms with E-state index >= 15 is 0 Å². The molecule has 0 bridgehead atoms. The van der Waals surface area contributed by atoms with E-state index in [1.807, 2.05) is 18.2 Å². The highest BCUT2D eigenvalue weighted by molar-refractivity contribution is 7.89. The van der Waals surface area contributed by atoms with Crippen LogP contribution in [0.4, 0.5) is 10.5 Å². The Kier molecular flexibility index (Phi) is 6.17. The molecule has 7 heteroatoms. The van der Waals surface area contributed by atoms with Crippen molar-refractivity contribution in [3.8, 4) is 0 Å². The van der Waals surface area contributed by atoms with Crippen LogP contribution in [-0.2, 0) is 10.0 Å². The van der Waals surface area contributed by atoms with E-state index in [9.17, 15) is 13.2 Å². The molecule has 6 nitrogen and oxygen atoms in total. The number of urea groups is 1. The van der Waals surface area contributed by atoms with Crippen molar-refractivity contribution in [3.05, 3.63) is 60.2 Å². The monoisotopic (exact) mass is 361 g/mol. The average molecular weight is 361 g/mol. The lowest BCUT2D eigenvalue weighted by atomic mass is 9.88. The lowest BCUT2D eigenvalue weighted by Gasteiger charge is -2.22. The van der Waals surface area contributed by atoms with E-state index < -0.39 is 10.0 Å². The molecule has 0 saturated carbocycles. The van der Waals surface area contributed by atoms with Gasteiger partial charge in [0.25, 0.3) is 0 Å². The number of rotatable bonds is 6. The first kappa shape index (κ1) is 19.0. The van der Waals surface area contributed by atoms with Gasteiger partial charge in [-0.05, 0) is 35.7 Å². The van der Waals surface area contributed by atoms with E-state index in [0.717, 1.165) is 0 Å². The van der Waals surface area contributed by atoms with E-state index in [0.29, 0.717) is 18.2 Å². The van der Waals surface area contributed by atoms with Gasteiger partial charge in [-0.2, -0.15) is 0 Å². The van der Waals surface area contributed by atoms with Gasteiger partial charge in [-0.15, -0.1) is 0 Å². The molecule has 2 rings (SSSR count). The number of hydrogen-bond acceptors (Lipinski definition) is 3. The summed E-state index contributed by atoms with van der Waals surface area (Å²) in [5.41, 5.74) is 1.67. The summed E-state index contributed by atoms with van der Waals surface area (Å²) >= 11 is 0. The van der Waals surface area contributed by atoms with Gasteiger partial charge in [0.05, 0.1) is 4.90 Å². The molecule has 2 amide bonds. The van der Waals surface area contributed by atoms with Crippen LogP contribution < -0.4 is 15.8 Å². The van der Waals surface area contributed by atoms with Crippen molar-refractivity contribution in [2.75, 3.05) is 11.9 Å². The molecule has 2 aromatic carbocycles. The fraction of sp³-hybridized carbons (Fsp3) is 0.278. The maximum atomic E-state index is 12.1. The number of amides is 2. The van der Waals surface area contributed by atoms with Crippen molar-refractivity contribution in [2.45, 2.75) is 24.7 Å². The molecule has 0 aromatic heterocycles. The molecule has 0 fully saturated rings. The second-order valence-electron chi connectivity index (χ2n) is 6.17. The number of hydrogen-bond donors (Lipinski definition) is 3. The number of anilines is 1. The Bertz CT molecular complexity index is 803. The predicted octanol–water partition coefficient (Wildman–Crippen LogP) is 2.90. The lowest BCUT2D eigenvalue weighted by molar-refractivity contribution is 0.250. The largest absolute Gasteiger partial charge is 0.337 e. The fourth-order valence-corrected chi connectivity index (χ4v) is 3.06. The maximum Gasteiger partial charge on any atom is 0.319 e. The van der Waals surface area contributed by atoms with Gasteiger partial charge in [0, 0.05) is 18.2 Å². The number of nitrogens with two attached hydrogens (primary N) is 1. The average Bonchev–Trinajstić information content (AvgIpc) is 2.55. The van der Waals surface area contributed by atoms with Crippen LogP contribution in [-0.4, -0.2) is 21.0 Å². The zero-order valence-corrected chi connectivity index (χ0v) is 15.1. The Morgan fingerprint density at radius 3 is 2.16 bits per heavy atom. The highest BCUT2D eigenvalue weighted by Crippen LogP contribution is 2.23. The SMILES string of the molecule is CC(C)[C@H](CNC(=O)Nc1ccc(S(N)(=O)=O)cc1)c1ccccc1. The van der Waals surface area contributed by atoms with Crippen molar-refractivity contribution < 1.29 is 13.2 Å². The van der Waals surface area contributed by atoms with Crippen LogP contribution in [0.25, 0.3) is 0 Å². The minimum Gasteiger partial charge on any atom is -0.337 e. The smallest absolute Gasteiger partial charge is 0.319 e. The number of benzene rings is 2. The minimum atomic E-state index is -3.74. The van der Waals surface area contributed by atoms with Crippen molar-refractivity contribution in [1.82, 2.24) is 5.32 Å². The molecule has 0 aliphatic rings. The molecule has 0 unspecified atom stereocenters. The van der Waals surface area contributed by atoms with E-state index in [4.69, 9.17) is 5.14 Å². The van der Waals surface area contributed by atoms with E-state index in [1.165, 1.54) is 29.8 Å². The summed E-state index contributed by atoms with van der Waals surface area (Å²) in [5.74, 6) is 0.577. The Morgan fingerprint density at radius 1 is 1.04 bits per heavy atom. The molecule has 134 valence electrons. The molecule has 0 saturated heterocycles. The Balaban J connectivity index is 1.95. The van der Waals surface area contributed by atoms with Crippen molar-refractivity contribution in [2.24, 2.45) is 11.1 Å². The third-order valence-electron chi connectivity index (χ3n) is 3.96. The molecular formula is C18H23N3O3S. The van der Waals surface area contributed by atoms with Crippen LogP contribution in [0.3, 0.4) is 0 Å². The highest BCUT2D eigenvalue weighted by Gasteiger charge is 2.16. The minimum absolute atomic E-state index is 0.00223. The van der Waals surface area contributed by atoms with Gasteiger partial charge in [0.1, 0.15) is 0 Å². The zero-order chi connectivity index (χ0) is 18.4. The highest BCUT2D eigenvalue weighted by atomic mass is 32.2. The third-order valence-corrected chi connectivity index (χ3v) is 4.88. The van der Waals surface area contributed by atoms with Gasteiger partial charge < -0.3 is 10.6 Å². The summed E-state index contributed by atoms with van der Waals surface area (Å²) in [7, 11) is -3.74. The summed E-state index contributed by atoms with van der Waals surface area (Å²) in [4.78, 5) is 12.1. The molecule has 0 radical (unpaired) electrons. The predicted molar refractivity (Wildman–Crippen MR) is 98.9 cm³/mol. The summed E-state index contributed by atoms with van der Waals surface area (Å²) < 4.78 is 22.4. The number of sulfonamides is 1. The summed E-state index contributed by atoms with van der Waals surface area (Å²) in [6.07, 6.45) is 0. The second-order valence-corrected chi connectivity index (χ2v) is 7.73. The van der Waals surface area contributed by atoms with Crippen LogP contribution in [0.1, 0.15) is 25.3 Å². The van der Waals surface area contributed by atoms with Crippen LogP contribution >= 0.6 is 0 Å². The number of carbonyl (C=O) groups excluding carboxylic acids is 1. The Labute approximate surface area is 148 Å². The van der Waals surface area contributed by atoms with Crippen LogP contribution in [0.5, 0.6) is 0 Å². The van der Waals surface area contributed by atoms with E-state index in [2.05, 4.69) is 36.6 Å². The van der Waals surface area contributed by atoms with Crippen LogP contribution in [0.2, 0.25) is 0 Å². The number of primary sulfonamides is 1.